The summed E-state index contributed by atoms with van der Waals surface area (Å²) in [7, 11) is 0. The van der Waals surface area contributed by atoms with E-state index in [-0.39, 0.29) is 0 Å². The SMILES string of the molecule is CCCOCCCNc1ccc(C(N)=S)cc1. The van der Waals surface area contributed by atoms with Crippen LogP contribution in [-0.4, -0.2) is 24.7 Å². The normalized spacial score (nSPS) is 10.2. The third-order valence-corrected chi connectivity index (χ3v) is 2.55. The Bertz CT molecular complexity index is 338. The Morgan fingerprint density at radius 2 is 2.00 bits per heavy atom. The van der Waals surface area contributed by atoms with E-state index in [1.165, 1.54) is 0 Å². The number of rotatable bonds is 8. The van der Waals surface area contributed by atoms with Crippen LogP contribution >= 0.6 is 12.2 Å². The van der Waals surface area contributed by atoms with E-state index in [0.717, 1.165) is 43.9 Å². The highest BCUT2D eigenvalue weighted by molar-refractivity contribution is 7.80. The van der Waals surface area contributed by atoms with Crippen molar-refractivity contribution >= 4 is 22.9 Å². The second kappa shape index (κ2) is 8.03. The molecule has 0 radical (unpaired) electrons. The van der Waals surface area contributed by atoms with Gasteiger partial charge in [-0.15, -0.1) is 0 Å². The zero-order chi connectivity index (χ0) is 12.5. The first kappa shape index (κ1) is 13.9. The summed E-state index contributed by atoms with van der Waals surface area (Å²) in [5.74, 6) is 0. The molecule has 0 aromatic heterocycles. The number of thiocarbonyl (C=S) groups is 1. The molecule has 0 saturated heterocycles. The summed E-state index contributed by atoms with van der Waals surface area (Å²) >= 11 is 4.89. The van der Waals surface area contributed by atoms with Crippen LogP contribution in [0.5, 0.6) is 0 Å². The molecule has 3 nitrogen and oxygen atoms in total. The van der Waals surface area contributed by atoms with Gasteiger partial charge in [0.2, 0.25) is 0 Å². The molecule has 94 valence electrons. The second-order valence-corrected chi connectivity index (χ2v) is 4.27. The van der Waals surface area contributed by atoms with Crippen LogP contribution in [-0.2, 0) is 4.74 Å². The van der Waals surface area contributed by atoms with Crippen molar-refractivity contribution in [1.82, 2.24) is 0 Å². The molecule has 0 heterocycles. The Kier molecular flexibility index (Phi) is 6.58. The van der Waals surface area contributed by atoms with Gasteiger partial charge in [0.05, 0.1) is 0 Å². The van der Waals surface area contributed by atoms with Gasteiger partial charge in [-0.25, -0.2) is 0 Å². The minimum atomic E-state index is 0.435. The molecule has 0 spiro atoms. The molecule has 0 atom stereocenters. The van der Waals surface area contributed by atoms with E-state index in [0.29, 0.717) is 4.99 Å². The number of ether oxygens (including phenoxy) is 1. The zero-order valence-corrected chi connectivity index (χ0v) is 11.1. The van der Waals surface area contributed by atoms with E-state index in [4.69, 9.17) is 22.7 Å². The Balaban J connectivity index is 2.21. The molecule has 17 heavy (non-hydrogen) atoms. The largest absolute Gasteiger partial charge is 0.389 e. The Labute approximate surface area is 108 Å². The fourth-order valence-electron chi connectivity index (χ4n) is 1.41. The molecule has 0 bridgehead atoms. The summed E-state index contributed by atoms with van der Waals surface area (Å²) < 4.78 is 5.40. The van der Waals surface area contributed by atoms with E-state index in [9.17, 15) is 0 Å². The van der Waals surface area contributed by atoms with Crippen molar-refractivity contribution in [1.29, 1.82) is 0 Å². The lowest BCUT2D eigenvalue weighted by atomic mass is 10.2. The first-order chi connectivity index (χ1) is 8.24. The average Bonchev–Trinajstić information content (AvgIpc) is 2.34. The van der Waals surface area contributed by atoms with Crippen LogP contribution in [0.1, 0.15) is 25.3 Å². The van der Waals surface area contributed by atoms with Crippen molar-refractivity contribution < 1.29 is 4.74 Å². The number of anilines is 1. The lowest BCUT2D eigenvalue weighted by Crippen LogP contribution is -2.09. The molecule has 0 aliphatic heterocycles. The standard InChI is InChI=1S/C13H20N2OS/c1-2-9-16-10-3-8-15-12-6-4-11(5-7-12)13(14)17/h4-7,15H,2-3,8-10H2,1H3,(H2,14,17). The first-order valence-corrected chi connectivity index (χ1v) is 6.36. The highest BCUT2D eigenvalue weighted by Gasteiger charge is 1.96. The van der Waals surface area contributed by atoms with Gasteiger partial charge in [0.25, 0.3) is 0 Å². The van der Waals surface area contributed by atoms with Gasteiger partial charge < -0.3 is 15.8 Å². The predicted octanol–water partition coefficient (Wildman–Crippen LogP) is 2.55. The molecular formula is C13H20N2OS. The van der Waals surface area contributed by atoms with Crippen molar-refractivity contribution in [3.63, 3.8) is 0 Å². The van der Waals surface area contributed by atoms with Crippen molar-refractivity contribution in [2.24, 2.45) is 5.73 Å². The summed E-state index contributed by atoms with van der Waals surface area (Å²) in [4.78, 5) is 0.435. The monoisotopic (exact) mass is 252 g/mol. The molecule has 3 N–H and O–H groups in total. The number of benzene rings is 1. The quantitative estimate of drug-likeness (QED) is 0.551. The van der Waals surface area contributed by atoms with Gasteiger partial charge in [0.1, 0.15) is 4.99 Å². The molecule has 0 aliphatic carbocycles. The molecular weight excluding hydrogens is 232 g/mol. The lowest BCUT2D eigenvalue weighted by Gasteiger charge is -2.07. The van der Waals surface area contributed by atoms with E-state index in [2.05, 4.69) is 12.2 Å². The van der Waals surface area contributed by atoms with Crippen LogP contribution in [0.15, 0.2) is 24.3 Å². The fraction of sp³-hybridized carbons (Fsp3) is 0.462. The number of hydrogen-bond donors (Lipinski definition) is 2. The van der Waals surface area contributed by atoms with E-state index < -0.39 is 0 Å². The van der Waals surface area contributed by atoms with Crippen molar-refractivity contribution in [3.8, 4) is 0 Å². The summed E-state index contributed by atoms with van der Waals surface area (Å²) in [5.41, 5.74) is 7.51. The minimum Gasteiger partial charge on any atom is -0.389 e. The van der Waals surface area contributed by atoms with Gasteiger partial charge in [-0.2, -0.15) is 0 Å². The molecule has 0 saturated carbocycles. The van der Waals surface area contributed by atoms with E-state index >= 15 is 0 Å². The van der Waals surface area contributed by atoms with Gasteiger partial charge in [-0.05, 0) is 37.1 Å². The third-order valence-electron chi connectivity index (χ3n) is 2.31. The van der Waals surface area contributed by atoms with Crippen LogP contribution in [0.4, 0.5) is 5.69 Å². The van der Waals surface area contributed by atoms with Crippen molar-refractivity contribution in [2.45, 2.75) is 19.8 Å². The molecule has 0 fully saturated rings. The molecule has 0 amide bonds. The van der Waals surface area contributed by atoms with E-state index in [1.807, 2.05) is 24.3 Å². The highest BCUT2D eigenvalue weighted by atomic mass is 32.1. The smallest absolute Gasteiger partial charge is 0.103 e. The van der Waals surface area contributed by atoms with Crippen molar-refractivity contribution in [3.05, 3.63) is 29.8 Å². The van der Waals surface area contributed by atoms with Gasteiger partial charge in [0.15, 0.2) is 0 Å². The average molecular weight is 252 g/mol. The van der Waals surface area contributed by atoms with Gasteiger partial charge in [-0.3, -0.25) is 0 Å². The van der Waals surface area contributed by atoms with Crippen LogP contribution in [0.2, 0.25) is 0 Å². The summed E-state index contributed by atoms with van der Waals surface area (Å²) in [5, 5.41) is 3.32. The van der Waals surface area contributed by atoms with Gasteiger partial charge in [-0.1, -0.05) is 19.1 Å². The predicted molar refractivity (Wildman–Crippen MR) is 76.5 cm³/mol. The van der Waals surface area contributed by atoms with Crippen molar-refractivity contribution in [2.75, 3.05) is 25.1 Å². The van der Waals surface area contributed by atoms with Gasteiger partial charge in [0, 0.05) is 31.0 Å². The molecule has 1 aromatic rings. The van der Waals surface area contributed by atoms with E-state index in [1.54, 1.807) is 0 Å². The maximum Gasteiger partial charge on any atom is 0.103 e. The summed E-state index contributed by atoms with van der Waals surface area (Å²) in [6, 6.07) is 7.83. The summed E-state index contributed by atoms with van der Waals surface area (Å²) in [6.45, 7) is 4.69. The molecule has 0 aliphatic rings. The minimum absolute atomic E-state index is 0.435. The number of nitrogens with two attached hydrogens (primary N) is 1. The Morgan fingerprint density at radius 3 is 2.59 bits per heavy atom. The molecule has 1 rings (SSSR count). The zero-order valence-electron chi connectivity index (χ0n) is 10.2. The van der Waals surface area contributed by atoms with Crippen LogP contribution in [0.3, 0.4) is 0 Å². The highest BCUT2D eigenvalue weighted by Crippen LogP contribution is 2.09. The maximum absolute atomic E-state index is 5.53. The maximum atomic E-state index is 5.53. The number of nitrogens with one attached hydrogen (secondary N) is 1. The topological polar surface area (TPSA) is 47.3 Å². The fourth-order valence-corrected chi connectivity index (χ4v) is 1.54. The van der Waals surface area contributed by atoms with Gasteiger partial charge >= 0.3 is 0 Å². The van der Waals surface area contributed by atoms with Crippen LogP contribution in [0, 0.1) is 0 Å². The first-order valence-electron chi connectivity index (χ1n) is 5.95. The third kappa shape index (κ3) is 5.65. The molecule has 0 unspecified atom stereocenters. The number of hydrogen-bond acceptors (Lipinski definition) is 3. The Hall–Kier alpha value is -1.13. The van der Waals surface area contributed by atoms with Crippen LogP contribution < -0.4 is 11.1 Å². The lowest BCUT2D eigenvalue weighted by molar-refractivity contribution is 0.134. The Morgan fingerprint density at radius 1 is 1.29 bits per heavy atom. The summed E-state index contributed by atoms with van der Waals surface area (Å²) in [6.07, 6.45) is 2.09. The second-order valence-electron chi connectivity index (χ2n) is 3.83. The van der Waals surface area contributed by atoms with Crippen LogP contribution in [0.25, 0.3) is 0 Å². The molecule has 1 aromatic carbocycles. The molecule has 4 heteroatoms.